The molecule has 0 aliphatic rings. The van der Waals surface area contributed by atoms with Crippen LogP contribution in [0.2, 0.25) is 0 Å². The lowest BCUT2D eigenvalue weighted by molar-refractivity contribution is -0.147. The number of thioether (sulfide) groups is 1. The lowest BCUT2D eigenvalue weighted by atomic mass is 9.95. The zero-order valence-corrected chi connectivity index (χ0v) is 11.2. The number of carbonyl (C=O) groups is 2. The number of carboxylic acids is 1. The fraction of sp³-hybridized carbons (Fsp3) is 0.818. The van der Waals surface area contributed by atoms with Gasteiger partial charge >= 0.3 is 5.97 Å². The Bertz CT molecular complexity index is 258. The van der Waals surface area contributed by atoms with Crippen LogP contribution >= 0.6 is 11.8 Å². The van der Waals surface area contributed by atoms with Crippen molar-refractivity contribution in [3.8, 4) is 0 Å². The molecular weight excluding hydrogens is 226 g/mol. The summed E-state index contributed by atoms with van der Waals surface area (Å²) in [5, 5.41) is 11.7. The Morgan fingerprint density at radius 3 is 2.44 bits per heavy atom. The van der Waals surface area contributed by atoms with Gasteiger partial charge in [-0.3, -0.25) is 4.79 Å². The fourth-order valence-electron chi connectivity index (χ4n) is 1.44. The minimum absolute atomic E-state index is 0.162. The molecule has 0 radical (unpaired) electrons. The van der Waals surface area contributed by atoms with Gasteiger partial charge in [-0.2, -0.15) is 11.8 Å². The number of carboxylic acid groups (broad SMARTS) is 1. The Hall–Kier alpha value is -0.710. The molecule has 0 aliphatic carbocycles. The van der Waals surface area contributed by atoms with Crippen LogP contribution < -0.4 is 5.32 Å². The average Bonchev–Trinajstić information content (AvgIpc) is 2.18. The third-order valence-corrected chi connectivity index (χ3v) is 3.32. The predicted octanol–water partition coefficient (Wildman–Crippen LogP) is 1.75. The molecule has 16 heavy (non-hydrogen) atoms. The van der Waals surface area contributed by atoms with Crippen LogP contribution in [0.3, 0.4) is 0 Å². The smallest absolute Gasteiger partial charge is 0.329 e. The molecule has 0 fully saturated rings. The summed E-state index contributed by atoms with van der Waals surface area (Å²) < 4.78 is 0. The van der Waals surface area contributed by atoms with Crippen LogP contribution in [0.4, 0.5) is 0 Å². The van der Waals surface area contributed by atoms with Crippen LogP contribution in [0.15, 0.2) is 0 Å². The van der Waals surface area contributed by atoms with Crippen LogP contribution in [0.25, 0.3) is 0 Å². The average molecular weight is 247 g/mol. The van der Waals surface area contributed by atoms with Crippen molar-refractivity contribution in [2.45, 2.75) is 39.2 Å². The molecule has 2 N–H and O–H groups in total. The summed E-state index contributed by atoms with van der Waals surface area (Å²) in [6.45, 7) is 5.27. The number of hydrogen-bond donors (Lipinski definition) is 2. The molecule has 2 atom stereocenters. The van der Waals surface area contributed by atoms with Crippen LogP contribution in [0.5, 0.6) is 0 Å². The van der Waals surface area contributed by atoms with Crippen molar-refractivity contribution in [2.24, 2.45) is 5.92 Å². The van der Waals surface area contributed by atoms with Crippen LogP contribution in [-0.4, -0.2) is 34.5 Å². The first-order valence-electron chi connectivity index (χ1n) is 5.41. The van der Waals surface area contributed by atoms with Gasteiger partial charge in [0, 0.05) is 11.7 Å². The van der Waals surface area contributed by atoms with Gasteiger partial charge in [0.25, 0.3) is 0 Å². The number of nitrogens with one attached hydrogen (secondary N) is 1. The lowest BCUT2D eigenvalue weighted by Crippen LogP contribution is -2.53. The summed E-state index contributed by atoms with van der Waals surface area (Å²) >= 11 is 1.58. The first-order chi connectivity index (χ1) is 7.37. The molecule has 0 aromatic rings. The molecule has 0 saturated heterocycles. The van der Waals surface area contributed by atoms with E-state index in [2.05, 4.69) is 5.32 Å². The summed E-state index contributed by atoms with van der Waals surface area (Å²) in [6, 6.07) is 0. The highest BCUT2D eigenvalue weighted by atomic mass is 32.2. The molecule has 0 aliphatic heterocycles. The predicted molar refractivity (Wildman–Crippen MR) is 66.6 cm³/mol. The van der Waals surface area contributed by atoms with Crippen LogP contribution in [-0.2, 0) is 9.59 Å². The van der Waals surface area contributed by atoms with Crippen molar-refractivity contribution in [3.63, 3.8) is 0 Å². The molecule has 0 rings (SSSR count). The summed E-state index contributed by atoms with van der Waals surface area (Å²) in [5.74, 6) is -0.620. The van der Waals surface area contributed by atoms with E-state index in [9.17, 15) is 9.59 Å². The maximum atomic E-state index is 11.7. The third-order valence-electron chi connectivity index (χ3n) is 2.49. The van der Waals surface area contributed by atoms with Crippen molar-refractivity contribution >= 4 is 23.6 Å². The second-order valence-electron chi connectivity index (χ2n) is 4.23. The zero-order valence-electron chi connectivity index (χ0n) is 10.4. The van der Waals surface area contributed by atoms with E-state index in [1.807, 2.05) is 13.2 Å². The number of aliphatic carboxylic acids is 1. The van der Waals surface area contributed by atoms with E-state index in [4.69, 9.17) is 5.11 Å². The van der Waals surface area contributed by atoms with E-state index in [-0.39, 0.29) is 11.8 Å². The Kier molecular flexibility index (Phi) is 6.48. The van der Waals surface area contributed by atoms with Crippen LogP contribution in [0.1, 0.15) is 33.6 Å². The second kappa shape index (κ2) is 6.78. The molecule has 0 aromatic carbocycles. The Morgan fingerprint density at radius 1 is 1.50 bits per heavy atom. The van der Waals surface area contributed by atoms with Gasteiger partial charge in [-0.15, -0.1) is 0 Å². The molecule has 0 spiro atoms. The van der Waals surface area contributed by atoms with E-state index in [0.717, 1.165) is 6.42 Å². The van der Waals surface area contributed by atoms with Crippen LogP contribution in [0, 0.1) is 5.92 Å². The van der Waals surface area contributed by atoms with Crippen molar-refractivity contribution in [1.29, 1.82) is 0 Å². The largest absolute Gasteiger partial charge is 0.480 e. The summed E-state index contributed by atoms with van der Waals surface area (Å²) in [7, 11) is 0. The van der Waals surface area contributed by atoms with Crippen molar-refractivity contribution in [3.05, 3.63) is 0 Å². The molecule has 0 bridgehead atoms. The quantitative estimate of drug-likeness (QED) is 0.719. The summed E-state index contributed by atoms with van der Waals surface area (Å²) in [5.41, 5.74) is -1.14. The second-order valence-corrected chi connectivity index (χ2v) is 5.14. The molecule has 5 heteroatoms. The molecule has 4 nitrogen and oxygen atoms in total. The first kappa shape index (κ1) is 15.3. The van der Waals surface area contributed by atoms with E-state index >= 15 is 0 Å². The minimum atomic E-state index is -1.14. The van der Waals surface area contributed by atoms with Gasteiger partial charge in [-0.1, -0.05) is 20.3 Å². The topological polar surface area (TPSA) is 66.4 Å². The first-order valence-corrected chi connectivity index (χ1v) is 6.81. The molecular formula is C11H21NO3S. The Morgan fingerprint density at radius 2 is 2.06 bits per heavy atom. The zero-order chi connectivity index (χ0) is 12.8. The standard InChI is InChI=1S/C11H21NO3S/c1-5-6-11(3,10(14)15)12-9(13)8(2)7-16-4/h8H,5-7H2,1-4H3,(H,12,13)(H,14,15). The molecule has 0 aromatic heterocycles. The van der Waals surface area contributed by atoms with Gasteiger partial charge in [0.05, 0.1) is 0 Å². The SMILES string of the molecule is CCCC(C)(NC(=O)C(C)CSC)C(=O)O. The normalized spacial score (nSPS) is 16.2. The van der Waals surface area contributed by atoms with Gasteiger partial charge in [0.1, 0.15) is 5.54 Å². The van der Waals surface area contributed by atoms with Crippen molar-refractivity contribution in [2.75, 3.05) is 12.0 Å². The highest BCUT2D eigenvalue weighted by Gasteiger charge is 2.34. The van der Waals surface area contributed by atoms with Gasteiger partial charge in [-0.05, 0) is 19.6 Å². The lowest BCUT2D eigenvalue weighted by Gasteiger charge is -2.27. The highest BCUT2D eigenvalue weighted by Crippen LogP contribution is 2.14. The van der Waals surface area contributed by atoms with Gasteiger partial charge in [-0.25, -0.2) is 4.79 Å². The Labute approximate surface area is 101 Å². The molecule has 2 unspecified atom stereocenters. The van der Waals surface area contributed by atoms with Crippen molar-refractivity contribution < 1.29 is 14.7 Å². The van der Waals surface area contributed by atoms with Crippen molar-refractivity contribution in [1.82, 2.24) is 5.32 Å². The molecule has 0 saturated carbocycles. The van der Waals surface area contributed by atoms with Gasteiger partial charge in [0.2, 0.25) is 5.91 Å². The highest BCUT2D eigenvalue weighted by molar-refractivity contribution is 7.98. The monoisotopic (exact) mass is 247 g/mol. The summed E-state index contributed by atoms with van der Waals surface area (Å²) in [6.07, 6.45) is 3.09. The third kappa shape index (κ3) is 4.43. The van der Waals surface area contributed by atoms with E-state index < -0.39 is 11.5 Å². The van der Waals surface area contributed by atoms with E-state index in [1.165, 1.54) is 0 Å². The Balaban J connectivity index is 4.52. The van der Waals surface area contributed by atoms with E-state index in [0.29, 0.717) is 12.2 Å². The fourth-order valence-corrected chi connectivity index (χ4v) is 2.10. The number of rotatable bonds is 7. The summed E-state index contributed by atoms with van der Waals surface area (Å²) in [4.78, 5) is 22.8. The molecule has 0 heterocycles. The number of carbonyl (C=O) groups excluding carboxylic acids is 1. The van der Waals surface area contributed by atoms with Gasteiger partial charge < -0.3 is 10.4 Å². The minimum Gasteiger partial charge on any atom is -0.480 e. The molecule has 1 amide bonds. The van der Waals surface area contributed by atoms with Gasteiger partial charge in [0.15, 0.2) is 0 Å². The number of hydrogen-bond acceptors (Lipinski definition) is 3. The number of amides is 1. The maximum absolute atomic E-state index is 11.7. The maximum Gasteiger partial charge on any atom is 0.329 e. The molecule has 94 valence electrons. The van der Waals surface area contributed by atoms with E-state index in [1.54, 1.807) is 25.6 Å².